The molecular weight excluding hydrogens is 649 g/mol. The smallest absolute Gasteiger partial charge is 0.335 e. The van der Waals surface area contributed by atoms with Crippen LogP contribution < -0.4 is 15.7 Å². The summed E-state index contributed by atoms with van der Waals surface area (Å²) in [6.45, 7) is 7.41. The summed E-state index contributed by atoms with van der Waals surface area (Å²) in [7, 11) is 0. The number of unbranched alkanes of at least 4 members (excludes halogenated alkanes) is 9. The largest absolute Gasteiger partial charge is 0.491 e. The number of ether oxygens (including phenoxy) is 1. The summed E-state index contributed by atoms with van der Waals surface area (Å²) in [5.74, 6) is -2.23. The monoisotopic (exact) mass is 693 g/mol. The third-order valence-corrected chi connectivity index (χ3v) is 8.59. The molecule has 1 heterocycles. The van der Waals surface area contributed by atoms with Crippen LogP contribution in [-0.2, 0) is 16.1 Å². The summed E-state index contributed by atoms with van der Waals surface area (Å²) in [4.78, 5) is 41.6. The molecular formula is C35H46Cl3N3O5. The first-order valence-corrected chi connectivity index (χ1v) is 17.2. The zero-order valence-electron chi connectivity index (χ0n) is 27.2. The van der Waals surface area contributed by atoms with E-state index in [0.717, 1.165) is 35.8 Å². The van der Waals surface area contributed by atoms with Crippen LogP contribution in [0.1, 0.15) is 104 Å². The highest BCUT2D eigenvalue weighted by Crippen LogP contribution is 2.37. The Hall–Kier alpha value is -2.94. The number of aromatic hydroxyl groups is 1. The molecule has 0 radical (unpaired) electrons. The van der Waals surface area contributed by atoms with Gasteiger partial charge >= 0.3 is 5.69 Å². The van der Waals surface area contributed by atoms with Gasteiger partial charge in [0, 0.05) is 10.4 Å². The highest BCUT2D eigenvalue weighted by Gasteiger charge is 2.41. The summed E-state index contributed by atoms with van der Waals surface area (Å²) in [5.41, 5.74) is -1.04. The Balaban J connectivity index is 1.90. The van der Waals surface area contributed by atoms with Gasteiger partial charge in [0.15, 0.2) is 11.8 Å². The molecule has 8 nitrogen and oxygen atoms in total. The van der Waals surface area contributed by atoms with Gasteiger partial charge in [-0.2, -0.15) is 0 Å². The molecule has 1 unspecified atom stereocenters. The molecule has 0 aliphatic heterocycles. The van der Waals surface area contributed by atoms with E-state index in [4.69, 9.17) is 39.5 Å². The molecule has 1 amide bonds. The summed E-state index contributed by atoms with van der Waals surface area (Å²) >= 11 is 18.6. The highest BCUT2D eigenvalue weighted by molar-refractivity contribution is 6.42. The third-order valence-electron chi connectivity index (χ3n) is 7.77. The van der Waals surface area contributed by atoms with Crippen molar-refractivity contribution in [2.45, 2.75) is 104 Å². The summed E-state index contributed by atoms with van der Waals surface area (Å²) in [6.07, 6.45) is 11.5. The number of hydrogen-bond donors (Lipinski definition) is 2. The van der Waals surface area contributed by atoms with Gasteiger partial charge in [0.05, 0.1) is 28.9 Å². The number of anilines is 1. The van der Waals surface area contributed by atoms with Crippen molar-refractivity contribution in [1.29, 1.82) is 0 Å². The minimum atomic E-state index is -1.76. The average molecular weight is 695 g/mol. The van der Waals surface area contributed by atoms with Gasteiger partial charge in [0.1, 0.15) is 0 Å². The molecule has 3 rings (SSSR count). The Morgan fingerprint density at radius 3 is 1.98 bits per heavy atom. The molecule has 2 N–H and O–H groups in total. The van der Waals surface area contributed by atoms with Crippen LogP contribution in [0.5, 0.6) is 11.8 Å². The normalized spacial score (nSPS) is 12.2. The van der Waals surface area contributed by atoms with Crippen LogP contribution in [0.25, 0.3) is 0 Å². The number of rotatable bonds is 18. The quantitative estimate of drug-likeness (QED) is 0.102. The molecule has 0 bridgehead atoms. The van der Waals surface area contributed by atoms with E-state index in [0.29, 0.717) is 0 Å². The number of hydrogen-bond acceptors (Lipinski definition) is 5. The predicted octanol–water partition coefficient (Wildman–Crippen LogP) is 9.46. The number of Topliss-reactive ketones (excluding diaryl/α,β-unsaturated/α-hetero) is 1. The fourth-order valence-corrected chi connectivity index (χ4v) is 6.10. The summed E-state index contributed by atoms with van der Waals surface area (Å²) in [6, 6.07) is 10.2. The molecule has 0 saturated heterocycles. The van der Waals surface area contributed by atoms with E-state index in [1.54, 1.807) is 20.8 Å². The van der Waals surface area contributed by atoms with Crippen LogP contribution in [0.3, 0.4) is 0 Å². The van der Waals surface area contributed by atoms with E-state index in [9.17, 15) is 19.5 Å². The van der Waals surface area contributed by atoms with Crippen molar-refractivity contribution in [2.24, 2.45) is 5.41 Å². The van der Waals surface area contributed by atoms with E-state index in [1.165, 1.54) is 55.2 Å². The first kappa shape index (κ1) is 37.5. The average Bonchev–Trinajstić information content (AvgIpc) is 3.21. The van der Waals surface area contributed by atoms with E-state index in [-0.39, 0.29) is 39.8 Å². The number of carbonyl (C=O) groups is 2. The number of imidazole rings is 1. The van der Waals surface area contributed by atoms with E-state index >= 15 is 0 Å². The maximum absolute atomic E-state index is 14.0. The number of nitrogens with zero attached hydrogens (tertiary/aromatic N) is 2. The zero-order chi connectivity index (χ0) is 33.9. The number of nitrogens with one attached hydrogen (secondary N) is 1. The van der Waals surface area contributed by atoms with Crippen molar-refractivity contribution in [3.63, 3.8) is 0 Å². The van der Waals surface area contributed by atoms with Gasteiger partial charge < -0.3 is 15.2 Å². The van der Waals surface area contributed by atoms with Crippen molar-refractivity contribution in [3.8, 4) is 11.8 Å². The first-order valence-electron chi connectivity index (χ1n) is 16.1. The Morgan fingerprint density at radius 2 is 1.43 bits per heavy atom. The molecule has 2 aromatic carbocycles. The maximum atomic E-state index is 14.0. The van der Waals surface area contributed by atoms with Crippen LogP contribution in [-0.4, -0.2) is 32.5 Å². The van der Waals surface area contributed by atoms with Crippen molar-refractivity contribution in [2.75, 3.05) is 11.9 Å². The Morgan fingerprint density at radius 1 is 0.891 bits per heavy atom. The van der Waals surface area contributed by atoms with Gasteiger partial charge in [0.25, 0.3) is 17.7 Å². The van der Waals surface area contributed by atoms with E-state index in [1.807, 2.05) is 30.3 Å². The summed E-state index contributed by atoms with van der Waals surface area (Å²) < 4.78 is 8.07. The van der Waals surface area contributed by atoms with Crippen LogP contribution >= 0.6 is 34.8 Å². The lowest BCUT2D eigenvalue weighted by Gasteiger charge is -2.25. The molecule has 46 heavy (non-hydrogen) atoms. The van der Waals surface area contributed by atoms with Crippen LogP contribution in [0.15, 0.2) is 47.3 Å². The fourth-order valence-electron chi connectivity index (χ4n) is 5.19. The van der Waals surface area contributed by atoms with E-state index in [2.05, 4.69) is 12.2 Å². The number of halogens is 3. The van der Waals surface area contributed by atoms with Gasteiger partial charge in [-0.1, -0.05) is 151 Å². The molecule has 11 heteroatoms. The zero-order valence-corrected chi connectivity index (χ0v) is 29.5. The van der Waals surface area contributed by atoms with Crippen LogP contribution in [0, 0.1) is 5.41 Å². The minimum Gasteiger partial charge on any atom is -0.491 e. The molecule has 1 atom stereocenters. The Labute approximate surface area is 287 Å². The second-order valence-corrected chi connectivity index (χ2v) is 13.9. The molecule has 0 aliphatic carbocycles. The number of benzene rings is 2. The molecule has 0 fully saturated rings. The maximum Gasteiger partial charge on any atom is 0.335 e. The molecule has 252 valence electrons. The van der Waals surface area contributed by atoms with Crippen LogP contribution in [0.4, 0.5) is 5.69 Å². The second-order valence-electron chi connectivity index (χ2n) is 12.6. The summed E-state index contributed by atoms with van der Waals surface area (Å²) in [5, 5.41) is 14.4. The molecule has 0 spiro atoms. The van der Waals surface area contributed by atoms with Gasteiger partial charge in [-0.15, -0.1) is 0 Å². The number of ketones is 1. The SMILES string of the molecule is CCCCCCCCCCCCOc1c(O)n(C(C(=O)Nc2c(Cl)cc(Cl)cc2Cl)C(=O)C(C)(C)C)c(=O)n1Cc1ccccc1. The number of amides is 1. The first-order chi connectivity index (χ1) is 21.9. The lowest BCUT2D eigenvalue weighted by atomic mass is 9.86. The lowest BCUT2D eigenvalue weighted by molar-refractivity contribution is -0.135. The van der Waals surface area contributed by atoms with Crippen molar-refractivity contribution < 1.29 is 19.4 Å². The minimum absolute atomic E-state index is 0.0260. The van der Waals surface area contributed by atoms with Gasteiger partial charge in [-0.25, -0.2) is 9.36 Å². The van der Waals surface area contributed by atoms with Crippen molar-refractivity contribution in [1.82, 2.24) is 9.13 Å². The third kappa shape index (κ3) is 10.3. The van der Waals surface area contributed by atoms with Gasteiger partial charge in [-0.05, 0) is 24.1 Å². The molecule has 1 aromatic heterocycles. The van der Waals surface area contributed by atoms with Crippen LogP contribution in [0.2, 0.25) is 15.1 Å². The second kappa shape index (κ2) is 17.8. The number of aromatic nitrogens is 2. The Bertz CT molecular complexity index is 1490. The molecule has 3 aromatic rings. The van der Waals surface area contributed by atoms with Crippen molar-refractivity contribution in [3.05, 3.63) is 73.6 Å². The van der Waals surface area contributed by atoms with Crippen molar-refractivity contribution >= 4 is 52.2 Å². The molecule has 0 saturated carbocycles. The Kier molecular flexibility index (Phi) is 14.5. The number of carbonyl (C=O) groups excluding carboxylic acids is 2. The highest BCUT2D eigenvalue weighted by atomic mass is 35.5. The predicted molar refractivity (Wildman–Crippen MR) is 187 cm³/mol. The lowest BCUT2D eigenvalue weighted by Crippen LogP contribution is -2.43. The molecule has 0 aliphatic rings. The topological polar surface area (TPSA) is 103 Å². The van der Waals surface area contributed by atoms with E-state index < -0.39 is 34.7 Å². The van der Waals surface area contributed by atoms with Gasteiger partial charge in [-0.3, -0.25) is 14.2 Å². The fraction of sp³-hybridized carbons (Fsp3) is 0.514. The standard InChI is InChI=1S/C35H46Cl3N3O5/c1-5-6-7-8-9-10-11-12-13-17-20-46-33-32(44)41(34(45)40(33)23-24-18-15-14-16-19-24)29(30(42)35(2,3)4)31(43)39-28-26(37)21-25(36)22-27(28)38/h14-16,18-19,21-22,29,44H,5-13,17,20,23H2,1-4H3,(H,39,43). The van der Waals surface area contributed by atoms with Gasteiger partial charge in [0.2, 0.25) is 0 Å².